The zero-order valence-corrected chi connectivity index (χ0v) is 15.1. The molecule has 1 aliphatic heterocycles. The van der Waals surface area contributed by atoms with E-state index in [2.05, 4.69) is 0 Å². The van der Waals surface area contributed by atoms with Gasteiger partial charge in [-0.15, -0.1) is 0 Å². The minimum atomic E-state index is -1.29. The molecule has 136 valence electrons. The Bertz CT molecular complexity index is 785. The number of ether oxygens (including phenoxy) is 2. The number of carbonyl (C=O) groups is 1. The van der Waals surface area contributed by atoms with Gasteiger partial charge in [-0.2, -0.15) is 0 Å². The summed E-state index contributed by atoms with van der Waals surface area (Å²) in [5.41, 5.74) is 0.453. The van der Waals surface area contributed by atoms with Gasteiger partial charge < -0.3 is 14.6 Å². The van der Waals surface area contributed by atoms with Gasteiger partial charge in [0.15, 0.2) is 5.60 Å². The zero-order valence-electron chi connectivity index (χ0n) is 15.1. The van der Waals surface area contributed by atoms with Crippen LogP contribution in [0, 0.1) is 0 Å². The summed E-state index contributed by atoms with van der Waals surface area (Å²) in [4.78, 5) is 14.5. The summed E-state index contributed by atoms with van der Waals surface area (Å²) in [6, 6.07) is 16.6. The predicted molar refractivity (Wildman–Crippen MR) is 101 cm³/mol. The molecule has 1 aliphatic rings. The SMILES string of the molecule is COc1ccc(N2C(=O)[C@](OC)([C@H](C)O)C2/C=C/c2ccccc2)cc1. The number of anilines is 1. The number of nitrogens with zero attached hydrogens (tertiary/aromatic N) is 1. The first-order valence-electron chi connectivity index (χ1n) is 8.48. The highest BCUT2D eigenvalue weighted by Gasteiger charge is 2.63. The fourth-order valence-electron chi connectivity index (χ4n) is 3.39. The van der Waals surface area contributed by atoms with E-state index in [9.17, 15) is 9.90 Å². The smallest absolute Gasteiger partial charge is 0.265 e. The standard InChI is InChI=1S/C21H23NO4/c1-15(23)21(26-3)19(14-9-16-7-5-4-6-8-16)22(20(21)24)17-10-12-18(25-2)13-11-17/h4-15,19,23H,1-3H3/b14-9+/t15-,19?,21-/m0/s1. The highest BCUT2D eigenvalue weighted by Crippen LogP contribution is 2.42. The third-order valence-electron chi connectivity index (χ3n) is 4.85. The van der Waals surface area contributed by atoms with Gasteiger partial charge in [0.25, 0.3) is 5.91 Å². The topological polar surface area (TPSA) is 59.0 Å². The Morgan fingerprint density at radius 3 is 2.31 bits per heavy atom. The summed E-state index contributed by atoms with van der Waals surface area (Å²) in [5, 5.41) is 10.3. The van der Waals surface area contributed by atoms with Gasteiger partial charge in [-0.05, 0) is 36.8 Å². The maximum atomic E-state index is 12.9. The molecule has 0 aliphatic carbocycles. The second kappa shape index (κ2) is 7.32. The maximum Gasteiger partial charge on any atom is 0.265 e. The zero-order chi connectivity index (χ0) is 18.7. The third-order valence-corrected chi connectivity index (χ3v) is 4.85. The number of rotatable bonds is 6. The van der Waals surface area contributed by atoms with E-state index in [1.165, 1.54) is 7.11 Å². The number of benzene rings is 2. The molecule has 1 amide bonds. The highest BCUT2D eigenvalue weighted by molar-refractivity contribution is 6.09. The Balaban J connectivity index is 1.97. The lowest BCUT2D eigenvalue weighted by molar-refractivity contribution is -0.173. The number of aliphatic hydroxyl groups excluding tert-OH is 1. The molecule has 1 unspecified atom stereocenters. The molecule has 1 N–H and O–H groups in total. The molecule has 0 aromatic heterocycles. The number of β-lactam (4-membered cyclic amide) rings is 1. The average molecular weight is 353 g/mol. The van der Waals surface area contributed by atoms with Gasteiger partial charge in [-0.3, -0.25) is 9.69 Å². The van der Waals surface area contributed by atoms with E-state index in [1.807, 2.05) is 54.6 Å². The van der Waals surface area contributed by atoms with E-state index < -0.39 is 17.7 Å². The molecule has 0 bridgehead atoms. The van der Waals surface area contributed by atoms with E-state index in [1.54, 1.807) is 31.1 Å². The minimum absolute atomic E-state index is 0.261. The predicted octanol–water partition coefficient (Wildman–Crippen LogP) is 2.89. The number of hydrogen-bond donors (Lipinski definition) is 1. The normalized spacial score (nSPS) is 23.8. The van der Waals surface area contributed by atoms with Gasteiger partial charge in [-0.1, -0.05) is 42.5 Å². The van der Waals surface area contributed by atoms with Crippen LogP contribution in [0.25, 0.3) is 6.08 Å². The van der Waals surface area contributed by atoms with Crippen molar-refractivity contribution in [3.63, 3.8) is 0 Å². The molecule has 1 saturated heterocycles. The number of methoxy groups -OCH3 is 2. The number of aliphatic hydroxyl groups is 1. The molecule has 1 fully saturated rings. The summed E-state index contributed by atoms with van der Waals surface area (Å²) in [5.74, 6) is 0.453. The van der Waals surface area contributed by atoms with E-state index in [4.69, 9.17) is 9.47 Å². The van der Waals surface area contributed by atoms with Crippen molar-refractivity contribution >= 4 is 17.7 Å². The summed E-state index contributed by atoms with van der Waals surface area (Å²) >= 11 is 0. The lowest BCUT2D eigenvalue weighted by Crippen LogP contribution is -2.78. The Labute approximate surface area is 153 Å². The average Bonchev–Trinajstić information content (AvgIpc) is 2.66. The van der Waals surface area contributed by atoms with Crippen LogP contribution in [0.4, 0.5) is 5.69 Å². The van der Waals surface area contributed by atoms with E-state index in [-0.39, 0.29) is 5.91 Å². The Kier molecular flexibility index (Phi) is 5.11. The van der Waals surface area contributed by atoms with Crippen LogP contribution in [-0.2, 0) is 9.53 Å². The first-order valence-corrected chi connectivity index (χ1v) is 8.48. The Morgan fingerprint density at radius 1 is 1.12 bits per heavy atom. The Morgan fingerprint density at radius 2 is 1.77 bits per heavy atom. The molecule has 26 heavy (non-hydrogen) atoms. The largest absolute Gasteiger partial charge is 0.497 e. The van der Waals surface area contributed by atoms with Crippen LogP contribution in [0.1, 0.15) is 12.5 Å². The fraction of sp³-hybridized carbons (Fsp3) is 0.286. The minimum Gasteiger partial charge on any atom is -0.497 e. The summed E-state index contributed by atoms with van der Waals surface area (Å²) < 4.78 is 10.7. The molecule has 0 spiro atoms. The molecule has 3 atom stereocenters. The van der Waals surface area contributed by atoms with Gasteiger partial charge in [0.1, 0.15) is 5.75 Å². The van der Waals surface area contributed by atoms with Gasteiger partial charge in [-0.25, -0.2) is 0 Å². The van der Waals surface area contributed by atoms with Crippen molar-refractivity contribution in [1.82, 2.24) is 0 Å². The molecule has 1 heterocycles. The van der Waals surface area contributed by atoms with Crippen molar-refractivity contribution in [1.29, 1.82) is 0 Å². The van der Waals surface area contributed by atoms with Crippen LogP contribution in [0.5, 0.6) is 5.75 Å². The number of amides is 1. The van der Waals surface area contributed by atoms with Crippen molar-refractivity contribution < 1.29 is 19.4 Å². The van der Waals surface area contributed by atoms with E-state index in [0.29, 0.717) is 5.75 Å². The summed E-state index contributed by atoms with van der Waals surface area (Å²) in [6.45, 7) is 1.58. The van der Waals surface area contributed by atoms with Crippen molar-refractivity contribution in [2.75, 3.05) is 19.1 Å². The van der Waals surface area contributed by atoms with Crippen molar-refractivity contribution in [3.05, 3.63) is 66.2 Å². The first-order chi connectivity index (χ1) is 12.5. The van der Waals surface area contributed by atoms with Gasteiger partial charge in [0.05, 0.1) is 19.3 Å². The fourth-order valence-corrected chi connectivity index (χ4v) is 3.39. The van der Waals surface area contributed by atoms with Gasteiger partial charge in [0.2, 0.25) is 0 Å². The molecular weight excluding hydrogens is 330 g/mol. The molecule has 2 aromatic rings. The van der Waals surface area contributed by atoms with Crippen LogP contribution < -0.4 is 9.64 Å². The number of hydrogen-bond acceptors (Lipinski definition) is 4. The van der Waals surface area contributed by atoms with Crippen molar-refractivity contribution in [2.45, 2.75) is 24.7 Å². The van der Waals surface area contributed by atoms with Crippen LogP contribution in [0.3, 0.4) is 0 Å². The third kappa shape index (κ3) is 2.89. The van der Waals surface area contributed by atoms with Crippen LogP contribution >= 0.6 is 0 Å². The van der Waals surface area contributed by atoms with E-state index >= 15 is 0 Å². The lowest BCUT2D eigenvalue weighted by Gasteiger charge is -2.55. The van der Waals surface area contributed by atoms with Gasteiger partial charge >= 0.3 is 0 Å². The monoisotopic (exact) mass is 353 g/mol. The van der Waals surface area contributed by atoms with Crippen LogP contribution in [-0.4, -0.2) is 43.0 Å². The molecule has 0 radical (unpaired) electrons. The molecule has 2 aromatic carbocycles. The molecule has 3 rings (SSSR count). The van der Waals surface area contributed by atoms with Crippen molar-refractivity contribution in [3.8, 4) is 5.75 Å². The Hall–Kier alpha value is -2.63. The quantitative estimate of drug-likeness (QED) is 0.812. The second-order valence-corrected chi connectivity index (χ2v) is 6.26. The van der Waals surface area contributed by atoms with Crippen molar-refractivity contribution in [2.24, 2.45) is 0 Å². The summed E-state index contributed by atoms with van der Waals surface area (Å²) in [6.07, 6.45) is 2.89. The van der Waals surface area contributed by atoms with Gasteiger partial charge in [0, 0.05) is 12.8 Å². The first kappa shape index (κ1) is 18.2. The lowest BCUT2D eigenvalue weighted by atomic mass is 9.77. The maximum absolute atomic E-state index is 12.9. The van der Waals surface area contributed by atoms with Crippen LogP contribution in [0.2, 0.25) is 0 Å². The van der Waals surface area contributed by atoms with Crippen LogP contribution in [0.15, 0.2) is 60.7 Å². The summed E-state index contributed by atoms with van der Waals surface area (Å²) in [7, 11) is 3.05. The number of carbonyl (C=O) groups excluding carboxylic acids is 1. The molecular formula is C21H23NO4. The second-order valence-electron chi connectivity index (χ2n) is 6.26. The molecule has 5 nitrogen and oxygen atoms in total. The molecule has 5 heteroatoms. The molecule has 0 saturated carbocycles. The highest BCUT2D eigenvalue weighted by atomic mass is 16.5. The van der Waals surface area contributed by atoms with E-state index in [0.717, 1.165) is 11.3 Å².